The van der Waals surface area contributed by atoms with E-state index >= 15 is 0 Å². The van der Waals surface area contributed by atoms with Crippen LogP contribution in [0.3, 0.4) is 0 Å². The van der Waals surface area contributed by atoms with Gasteiger partial charge < -0.3 is 23.5 Å². The van der Waals surface area contributed by atoms with E-state index in [4.69, 9.17) is 9.72 Å². The number of benzene rings is 5. The van der Waals surface area contributed by atoms with Gasteiger partial charge in [0.25, 0.3) is 0 Å². The first-order valence-corrected chi connectivity index (χ1v) is 14.7. The van der Waals surface area contributed by atoms with Crippen LogP contribution in [0.25, 0.3) is 16.7 Å². The van der Waals surface area contributed by atoms with Gasteiger partial charge in [0.05, 0.1) is 35.1 Å². The maximum Gasteiger partial charge on any atom is 0.421 e. The molecule has 210 valence electrons. The Balaban J connectivity index is 1.22. The van der Waals surface area contributed by atoms with Crippen LogP contribution in [-0.2, 0) is 7.05 Å². The Morgan fingerprint density at radius 3 is 2.18 bits per heavy atom. The molecule has 7 heteroatoms. The number of rotatable bonds is 6. The minimum absolute atomic E-state index is 0.139. The van der Waals surface area contributed by atoms with E-state index in [9.17, 15) is 0 Å². The predicted molar refractivity (Wildman–Crippen MR) is 177 cm³/mol. The van der Waals surface area contributed by atoms with Crippen molar-refractivity contribution in [3.8, 4) is 17.2 Å². The van der Waals surface area contributed by atoms with Gasteiger partial charge in [0.15, 0.2) is 0 Å². The van der Waals surface area contributed by atoms with Crippen molar-refractivity contribution in [1.29, 1.82) is 0 Å². The minimum atomic E-state index is -0.139. The molecule has 7 aromatic rings. The average molecular weight is 569 g/mol. The highest BCUT2D eigenvalue weighted by molar-refractivity contribution is 6.84. The topological polar surface area (TPSA) is 37.4 Å². The van der Waals surface area contributed by atoms with E-state index in [-0.39, 0.29) is 6.98 Å². The maximum absolute atomic E-state index is 6.55. The Kier molecular flexibility index (Phi) is 6.34. The smallest absolute Gasteiger partial charge is 0.421 e. The van der Waals surface area contributed by atoms with E-state index in [1.54, 1.807) is 0 Å². The summed E-state index contributed by atoms with van der Waals surface area (Å²) in [6.07, 6.45) is 5.26. The largest absolute Gasteiger partial charge is 0.458 e. The van der Waals surface area contributed by atoms with Gasteiger partial charge in [-0.25, -0.2) is 4.98 Å². The molecule has 8 rings (SSSR count). The summed E-state index contributed by atoms with van der Waals surface area (Å²) >= 11 is 0. The SMILES string of the molecule is C[n+]1[c-]n(-c2cccc(Oc3ccc4c(c3)N(c3ccccn3)B(c3ccccc3)N4c3ccccc3)c2)c2ccccc21. The van der Waals surface area contributed by atoms with E-state index in [1.165, 1.54) is 0 Å². The molecule has 1 aliphatic heterocycles. The molecule has 0 atom stereocenters. The fraction of sp³-hybridized carbons (Fsp3) is 0.0270. The number of hydrogen-bond acceptors (Lipinski definition) is 4. The van der Waals surface area contributed by atoms with Gasteiger partial charge in [-0.3, -0.25) is 0 Å². The molecule has 3 heterocycles. The first kappa shape index (κ1) is 25.9. The molecule has 1 aliphatic rings. The molecular formula is C37H28BN5O. The summed E-state index contributed by atoms with van der Waals surface area (Å²) < 4.78 is 10.6. The van der Waals surface area contributed by atoms with Crippen LogP contribution >= 0.6 is 0 Å². The Morgan fingerprint density at radius 2 is 1.36 bits per heavy atom. The summed E-state index contributed by atoms with van der Waals surface area (Å²) in [6.45, 7) is -0.139. The highest BCUT2D eigenvalue weighted by atomic mass is 16.5. The Hall–Kier alpha value is -5.82. The van der Waals surface area contributed by atoms with Gasteiger partial charge in [-0.05, 0) is 54.0 Å². The molecule has 0 amide bonds. The molecule has 44 heavy (non-hydrogen) atoms. The maximum atomic E-state index is 6.55. The summed E-state index contributed by atoms with van der Waals surface area (Å²) in [5, 5.41) is 0. The van der Waals surface area contributed by atoms with Gasteiger partial charge in [-0.1, -0.05) is 91.0 Å². The third-order valence-corrected chi connectivity index (χ3v) is 8.03. The number of fused-ring (bicyclic) bond motifs is 2. The molecule has 5 aromatic carbocycles. The van der Waals surface area contributed by atoms with Crippen LogP contribution in [0.5, 0.6) is 11.5 Å². The summed E-state index contributed by atoms with van der Waals surface area (Å²) in [7, 11) is 2.01. The second-order valence-corrected chi connectivity index (χ2v) is 10.8. The van der Waals surface area contributed by atoms with Gasteiger partial charge >= 0.3 is 6.98 Å². The second kappa shape index (κ2) is 10.8. The summed E-state index contributed by atoms with van der Waals surface area (Å²) in [5.41, 5.74) is 7.55. The molecule has 0 fully saturated rings. The molecule has 2 aromatic heterocycles. The van der Waals surface area contributed by atoms with Crippen LogP contribution in [0.1, 0.15) is 0 Å². The number of aryl methyl sites for hydroxylation is 1. The number of anilines is 4. The monoisotopic (exact) mass is 569 g/mol. The lowest BCUT2D eigenvalue weighted by Crippen LogP contribution is -2.53. The zero-order valence-corrected chi connectivity index (χ0v) is 24.2. The highest BCUT2D eigenvalue weighted by Crippen LogP contribution is 2.47. The fourth-order valence-electron chi connectivity index (χ4n) is 6.09. The van der Waals surface area contributed by atoms with Crippen molar-refractivity contribution < 1.29 is 9.30 Å². The number of nitrogens with zero attached hydrogens (tertiary/aromatic N) is 5. The Labute approximate surface area is 256 Å². The van der Waals surface area contributed by atoms with Gasteiger partial charge in [0.2, 0.25) is 6.33 Å². The van der Waals surface area contributed by atoms with E-state index in [2.05, 4.69) is 118 Å². The molecule has 0 unspecified atom stereocenters. The van der Waals surface area contributed by atoms with Gasteiger partial charge in [-0.2, -0.15) is 0 Å². The number of aromatic nitrogens is 3. The second-order valence-electron chi connectivity index (χ2n) is 10.8. The Bertz CT molecular complexity index is 2080. The Morgan fingerprint density at radius 1 is 0.636 bits per heavy atom. The third-order valence-electron chi connectivity index (χ3n) is 8.03. The van der Waals surface area contributed by atoms with Crippen molar-refractivity contribution in [2.24, 2.45) is 7.05 Å². The molecule has 0 saturated heterocycles. The van der Waals surface area contributed by atoms with Crippen LogP contribution < -0.4 is 24.4 Å². The van der Waals surface area contributed by atoms with E-state index in [1.807, 2.05) is 66.3 Å². The van der Waals surface area contributed by atoms with Gasteiger partial charge in [0.1, 0.15) is 17.3 Å². The third kappa shape index (κ3) is 4.46. The lowest BCUT2D eigenvalue weighted by molar-refractivity contribution is -0.649. The summed E-state index contributed by atoms with van der Waals surface area (Å²) in [6, 6.07) is 49.9. The molecule has 0 spiro atoms. The molecule has 0 bridgehead atoms. The predicted octanol–water partition coefficient (Wildman–Crippen LogP) is 7.13. The van der Waals surface area contributed by atoms with Crippen LogP contribution in [-0.4, -0.2) is 16.5 Å². The van der Waals surface area contributed by atoms with Crippen molar-refractivity contribution in [2.45, 2.75) is 0 Å². The average Bonchev–Trinajstić information content (AvgIpc) is 3.61. The van der Waals surface area contributed by atoms with Crippen molar-refractivity contribution in [3.05, 3.63) is 158 Å². The first-order chi connectivity index (χ1) is 21.7. The zero-order valence-electron chi connectivity index (χ0n) is 24.2. The van der Waals surface area contributed by atoms with E-state index in [0.29, 0.717) is 0 Å². The van der Waals surface area contributed by atoms with Crippen LogP contribution in [0.4, 0.5) is 22.9 Å². The lowest BCUT2D eigenvalue weighted by Gasteiger charge is -2.29. The molecular weight excluding hydrogens is 541 g/mol. The quantitative estimate of drug-likeness (QED) is 0.121. The molecule has 0 aliphatic carbocycles. The summed E-state index contributed by atoms with van der Waals surface area (Å²) in [4.78, 5) is 9.46. The number of ether oxygens (including phenoxy) is 1. The van der Waals surface area contributed by atoms with E-state index in [0.717, 1.165) is 56.6 Å². The fourth-order valence-corrected chi connectivity index (χ4v) is 6.09. The first-order valence-electron chi connectivity index (χ1n) is 14.7. The van der Waals surface area contributed by atoms with Crippen LogP contribution in [0.2, 0.25) is 0 Å². The van der Waals surface area contributed by atoms with Crippen molar-refractivity contribution in [2.75, 3.05) is 9.62 Å². The number of imidazole rings is 1. The zero-order chi connectivity index (χ0) is 29.5. The van der Waals surface area contributed by atoms with Crippen molar-refractivity contribution >= 4 is 46.4 Å². The van der Waals surface area contributed by atoms with Crippen molar-refractivity contribution in [1.82, 2.24) is 9.55 Å². The van der Waals surface area contributed by atoms with Gasteiger partial charge in [0, 0.05) is 18.0 Å². The van der Waals surface area contributed by atoms with E-state index < -0.39 is 0 Å². The molecule has 0 radical (unpaired) electrons. The van der Waals surface area contributed by atoms with Crippen LogP contribution in [0.15, 0.2) is 152 Å². The number of para-hydroxylation sites is 3. The van der Waals surface area contributed by atoms with Crippen molar-refractivity contribution in [3.63, 3.8) is 0 Å². The van der Waals surface area contributed by atoms with Gasteiger partial charge in [-0.15, -0.1) is 0 Å². The van der Waals surface area contributed by atoms with Crippen LogP contribution in [0, 0.1) is 6.33 Å². The standard InChI is InChI=1S/C37H28BN5O/c1-40-27-41(34-20-9-8-19-33(34)40)30-17-12-18-31(25-30)44-32-22-23-35-36(26-32)43(37-21-10-11-24-39-37)38(28-13-4-2-5-14-28)42(35)29-15-6-3-7-16-29/h2-26H,1H3. The highest BCUT2D eigenvalue weighted by Gasteiger charge is 2.44. The number of pyridine rings is 1. The lowest BCUT2D eigenvalue weighted by atomic mass is 9.65. The normalized spacial score (nSPS) is 12.5. The number of hydrogen-bond donors (Lipinski definition) is 0. The molecule has 6 nitrogen and oxygen atoms in total. The summed E-state index contributed by atoms with van der Waals surface area (Å²) in [5.74, 6) is 2.36. The minimum Gasteiger partial charge on any atom is -0.458 e. The molecule has 0 N–H and O–H groups in total. The molecule has 0 saturated carbocycles.